The van der Waals surface area contributed by atoms with Gasteiger partial charge in [-0.3, -0.25) is 0 Å². The Bertz CT molecular complexity index is 856. The first-order valence-electron chi connectivity index (χ1n) is 7.93. The molecule has 2 aromatic heterocycles. The van der Waals surface area contributed by atoms with E-state index in [1.54, 1.807) is 0 Å². The Labute approximate surface area is 139 Å². The van der Waals surface area contributed by atoms with E-state index < -0.39 is 6.10 Å². The minimum Gasteiger partial charge on any atom is -0.390 e. The molecule has 24 heavy (non-hydrogen) atoms. The smallest absolute Gasteiger partial charge is 0.315 e. The van der Waals surface area contributed by atoms with Crippen LogP contribution in [0.4, 0.5) is 4.79 Å². The van der Waals surface area contributed by atoms with Crippen molar-refractivity contribution in [1.29, 1.82) is 0 Å². The van der Waals surface area contributed by atoms with E-state index in [0.717, 1.165) is 22.5 Å². The van der Waals surface area contributed by atoms with Gasteiger partial charge in [0.15, 0.2) is 0 Å². The number of benzene rings is 1. The zero-order valence-electron chi connectivity index (χ0n) is 13.0. The van der Waals surface area contributed by atoms with E-state index in [2.05, 4.69) is 15.6 Å². The summed E-state index contributed by atoms with van der Waals surface area (Å²) in [5, 5.41) is 15.8. The molecule has 0 unspecified atom stereocenters. The molecule has 4 rings (SSSR count). The average Bonchev–Trinajstić information content (AvgIpc) is 3.14. The maximum Gasteiger partial charge on any atom is 0.315 e. The molecular formula is C18H18N4O2. The molecule has 3 N–H and O–H groups in total. The molecule has 0 spiro atoms. The summed E-state index contributed by atoms with van der Waals surface area (Å²) in [6, 6.07) is 12.9. The number of amides is 2. The normalized spacial score (nSPS) is 19.2. The lowest BCUT2D eigenvalue weighted by Gasteiger charge is -2.18. The predicted molar refractivity (Wildman–Crippen MR) is 89.5 cm³/mol. The minimum atomic E-state index is -0.594. The van der Waals surface area contributed by atoms with E-state index in [4.69, 9.17) is 0 Å². The Morgan fingerprint density at radius 3 is 2.96 bits per heavy atom. The van der Waals surface area contributed by atoms with Crippen LogP contribution in [0.1, 0.15) is 22.9 Å². The van der Waals surface area contributed by atoms with E-state index in [1.807, 2.05) is 59.3 Å². The van der Waals surface area contributed by atoms with Crippen molar-refractivity contribution in [2.45, 2.75) is 25.1 Å². The highest BCUT2D eigenvalue weighted by molar-refractivity contribution is 5.74. The average molecular weight is 322 g/mol. The molecule has 0 aliphatic heterocycles. The zero-order valence-corrected chi connectivity index (χ0v) is 13.0. The maximum atomic E-state index is 12.2. The Morgan fingerprint density at radius 2 is 2.08 bits per heavy atom. The summed E-state index contributed by atoms with van der Waals surface area (Å²) in [7, 11) is 0. The standard InChI is InChI=1S/C18H18N4O2/c23-15-9-12-5-1-2-6-14(12)17(15)21-18(24)19-10-13-11-22-8-4-3-7-16(22)20-13/h1-8,11,15,17,23H,9-10H2,(H2,19,21,24)/t15-,17+/m0/s1. The number of rotatable bonds is 3. The van der Waals surface area contributed by atoms with Crippen molar-refractivity contribution < 1.29 is 9.90 Å². The van der Waals surface area contributed by atoms with Gasteiger partial charge in [-0.05, 0) is 23.3 Å². The minimum absolute atomic E-state index is 0.312. The van der Waals surface area contributed by atoms with Gasteiger partial charge in [0.1, 0.15) is 5.65 Å². The second-order valence-electron chi connectivity index (χ2n) is 5.97. The first-order chi connectivity index (χ1) is 11.7. The number of carbonyl (C=O) groups is 1. The highest BCUT2D eigenvalue weighted by Crippen LogP contribution is 2.30. The Balaban J connectivity index is 1.40. The molecule has 0 saturated heterocycles. The van der Waals surface area contributed by atoms with Gasteiger partial charge >= 0.3 is 6.03 Å². The lowest BCUT2D eigenvalue weighted by molar-refractivity contribution is 0.142. The molecule has 2 heterocycles. The Morgan fingerprint density at radius 1 is 1.25 bits per heavy atom. The Hall–Kier alpha value is -2.86. The molecule has 0 saturated carbocycles. The molecule has 1 aliphatic rings. The second kappa shape index (κ2) is 5.98. The number of imidazole rings is 1. The fourth-order valence-electron chi connectivity index (χ4n) is 3.18. The molecule has 2 amide bonds. The fourth-order valence-corrected chi connectivity index (χ4v) is 3.18. The summed E-state index contributed by atoms with van der Waals surface area (Å²) in [6.45, 7) is 0.331. The Kier molecular flexibility index (Phi) is 3.66. The van der Waals surface area contributed by atoms with Gasteiger partial charge in [0.2, 0.25) is 0 Å². The quantitative estimate of drug-likeness (QED) is 0.688. The topological polar surface area (TPSA) is 78.7 Å². The van der Waals surface area contributed by atoms with Gasteiger partial charge in [0.25, 0.3) is 0 Å². The van der Waals surface area contributed by atoms with Gasteiger partial charge in [-0.1, -0.05) is 30.3 Å². The van der Waals surface area contributed by atoms with E-state index in [9.17, 15) is 9.90 Å². The molecule has 3 aromatic rings. The van der Waals surface area contributed by atoms with Gasteiger partial charge in [-0.2, -0.15) is 0 Å². The summed E-state index contributed by atoms with van der Waals surface area (Å²) < 4.78 is 1.91. The van der Waals surface area contributed by atoms with Crippen molar-refractivity contribution in [2.24, 2.45) is 0 Å². The third-order valence-corrected chi connectivity index (χ3v) is 4.33. The highest BCUT2D eigenvalue weighted by atomic mass is 16.3. The molecule has 0 fully saturated rings. The number of aliphatic hydroxyl groups excluding tert-OH is 1. The predicted octanol–water partition coefficient (Wildman–Crippen LogP) is 1.79. The molecule has 6 heteroatoms. The van der Waals surface area contributed by atoms with E-state index in [1.165, 1.54) is 0 Å². The number of hydrogen-bond acceptors (Lipinski definition) is 3. The van der Waals surface area contributed by atoms with Gasteiger partial charge in [0, 0.05) is 18.8 Å². The van der Waals surface area contributed by atoms with Crippen LogP contribution in [0, 0.1) is 0 Å². The van der Waals surface area contributed by atoms with Crippen molar-refractivity contribution >= 4 is 11.7 Å². The number of carbonyl (C=O) groups excluding carboxylic acids is 1. The number of nitrogens with zero attached hydrogens (tertiary/aromatic N) is 2. The van der Waals surface area contributed by atoms with Crippen LogP contribution in [0.2, 0.25) is 0 Å². The van der Waals surface area contributed by atoms with Gasteiger partial charge in [-0.15, -0.1) is 0 Å². The number of fused-ring (bicyclic) bond motifs is 2. The molecule has 1 aromatic carbocycles. The monoisotopic (exact) mass is 322 g/mol. The summed E-state index contributed by atoms with van der Waals surface area (Å²) in [4.78, 5) is 16.6. The molecule has 2 atom stereocenters. The van der Waals surface area contributed by atoms with E-state index in [-0.39, 0.29) is 12.1 Å². The third kappa shape index (κ3) is 2.72. The van der Waals surface area contributed by atoms with Crippen LogP contribution in [0.15, 0.2) is 54.9 Å². The van der Waals surface area contributed by atoms with Crippen molar-refractivity contribution in [3.63, 3.8) is 0 Å². The fraction of sp³-hybridized carbons (Fsp3) is 0.222. The number of nitrogens with one attached hydrogen (secondary N) is 2. The number of pyridine rings is 1. The van der Waals surface area contributed by atoms with Crippen molar-refractivity contribution in [3.8, 4) is 0 Å². The summed E-state index contributed by atoms with van der Waals surface area (Å²) in [6.07, 6.45) is 3.77. The first-order valence-corrected chi connectivity index (χ1v) is 7.93. The van der Waals surface area contributed by atoms with Gasteiger partial charge < -0.3 is 20.1 Å². The summed E-state index contributed by atoms with van der Waals surface area (Å²) in [5.41, 5.74) is 3.68. The van der Waals surface area contributed by atoms with Crippen LogP contribution in [0.3, 0.4) is 0 Å². The second-order valence-corrected chi connectivity index (χ2v) is 5.97. The molecule has 0 bridgehead atoms. The van der Waals surface area contributed by atoms with E-state index >= 15 is 0 Å². The van der Waals surface area contributed by atoms with Crippen LogP contribution in [0.5, 0.6) is 0 Å². The van der Waals surface area contributed by atoms with Gasteiger partial charge in [0.05, 0.1) is 24.4 Å². The number of aromatic nitrogens is 2. The lowest BCUT2D eigenvalue weighted by atomic mass is 10.1. The van der Waals surface area contributed by atoms with E-state index in [0.29, 0.717) is 13.0 Å². The van der Waals surface area contributed by atoms with Crippen molar-refractivity contribution in [2.75, 3.05) is 0 Å². The summed E-state index contributed by atoms with van der Waals surface area (Å²) in [5.74, 6) is 0. The van der Waals surface area contributed by atoms with Crippen LogP contribution in [0.25, 0.3) is 5.65 Å². The van der Waals surface area contributed by atoms with Gasteiger partial charge in [-0.25, -0.2) is 9.78 Å². The van der Waals surface area contributed by atoms with Crippen LogP contribution in [-0.2, 0) is 13.0 Å². The first kappa shape index (κ1) is 14.7. The largest absolute Gasteiger partial charge is 0.390 e. The zero-order chi connectivity index (χ0) is 16.5. The van der Waals surface area contributed by atoms with Crippen LogP contribution in [-0.4, -0.2) is 26.6 Å². The maximum absolute atomic E-state index is 12.2. The third-order valence-electron chi connectivity index (χ3n) is 4.33. The van der Waals surface area contributed by atoms with Crippen LogP contribution < -0.4 is 10.6 Å². The van der Waals surface area contributed by atoms with Crippen molar-refractivity contribution in [3.05, 3.63) is 71.7 Å². The molecular weight excluding hydrogens is 304 g/mol. The molecule has 1 aliphatic carbocycles. The molecule has 0 radical (unpaired) electrons. The molecule has 6 nitrogen and oxygen atoms in total. The number of hydrogen-bond donors (Lipinski definition) is 3. The highest BCUT2D eigenvalue weighted by Gasteiger charge is 2.31. The lowest BCUT2D eigenvalue weighted by Crippen LogP contribution is -2.40. The summed E-state index contributed by atoms with van der Waals surface area (Å²) >= 11 is 0. The SMILES string of the molecule is O=C(NCc1cn2ccccc2n1)N[C@@H]1c2ccccc2C[C@@H]1O. The van der Waals surface area contributed by atoms with Crippen molar-refractivity contribution in [1.82, 2.24) is 20.0 Å². The molecule has 122 valence electrons. The number of urea groups is 1. The number of aliphatic hydroxyl groups is 1. The van der Waals surface area contributed by atoms with Crippen LogP contribution >= 0.6 is 0 Å².